The van der Waals surface area contributed by atoms with E-state index in [1.807, 2.05) is 0 Å². The lowest BCUT2D eigenvalue weighted by Crippen LogP contribution is -2.37. The van der Waals surface area contributed by atoms with Crippen LogP contribution in [0.1, 0.15) is 39.0 Å². The van der Waals surface area contributed by atoms with Gasteiger partial charge in [0.15, 0.2) is 10.2 Å². The molecule has 0 saturated heterocycles. The minimum Gasteiger partial charge on any atom is -0.336 e. The molecule has 0 spiro atoms. The maximum atomic E-state index is 5.38. The number of ether oxygens (including phenoxy) is 3. The summed E-state index contributed by atoms with van der Waals surface area (Å²) in [5, 5.41) is 0. The highest BCUT2D eigenvalue weighted by Gasteiger charge is 2.22. The van der Waals surface area contributed by atoms with Crippen molar-refractivity contribution in [2.75, 3.05) is 20.8 Å². The lowest BCUT2D eigenvalue weighted by atomic mass is 10.2. The highest BCUT2D eigenvalue weighted by Crippen LogP contribution is 2.10. The Kier molecular flexibility index (Phi) is 8.47. The second-order valence-corrected chi connectivity index (χ2v) is 3.84. The second kappa shape index (κ2) is 8.41. The van der Waals surface area contributed by atoms with Crippen LogP contribution in [-0.2, 0) is 14.2 Å². The summed E-state index contributed by atoms with van der Waals surface area (Å²) in [4.78, 5) is 0. The molecule has 0 aliphatic heterocycles. The number of methoxy groups -OCH3 is 2. The molecule has 0 N–H and O–H groups in total. The second-order valence-electron chi connectivity index (χ2n) is 3.23. The Labute approximate surface area is 90.5 Å². The van der Waals surface area contributed by atoms with Crippen molar-refractivity contribution in [1.29, 1.82) is 0 Å². The van der Waals surface area contributed by atoms with Gasteiger partial charge in [-0.05, 0) is 6.42 Å². The highest BCUT2D eigenvalue weighted by molar-refractivity contribution is 6.12. The van der Waals surface area contributed by atoms with Gasteiger partial charge in [0.25, 0.3) is 0 Å². The smallest absolute Gasteiger partial charge is 0.248 e. The molecule has 0 bridgehead atoms. The van der Waals surface area contributed by atoms with Gasteiger partial charge in [-0.2, -0.15) is 0 Å². The van der Waals surface area contributed by atoms with Crippen LogP contribution in [0.3, 0.4) is 0 Å². The highest BCUT2D eigenvalue weighted by atomic mass is 28.1. The Morgan fingerprint density at radius 3 is 2.07 bits per heavy atom. The van der Waals surface area contributed by atoms with Gasteiger partial charge in [0.1, 0.15) is 0 Å². The summed E-state index contributed by atoms with van der Waals surface area (Å²) in [5.41, 5.74) is -1.06. The lowest BCUT2D eigenvalue weighted by molar-refractivity contribution is -0.304. The SMILES string of the molecule is CCCCCCCOC([Si])(OC)OC. The van der Waals surface area contributed by atoms with Crippen molar-refractivity contribution >= 4 is 10.2 Å². The van der Waals surface area contributed by atoms with Crippen molar-refractivity contribution < 1.29 is 14.2 Å². The van der Waals surface area contributed by atoms with E-state index in [4.69, 9.17) is 14.2 Å². The zero-order valence-electron chi connectivity index (χ0n) is 9.47. The molecule has 0 aliphatic rings. The first-order valence-corrected chi connectivity index (χ1v) is 5.67. The van der Waals surface area contributed by atoms with Gasteiger partial charge in [-0.3, -0.25) is 0 Å². The third-order valence-corrected chi connectivity index (χ3v) is 2.63. The van der Waals surface area contributed by atoms with Crippen molar-refractivity contribution in [2.24, 2.45) is 0 Å². The number of hydrogen-bond donors (Lipinski definition) is 0. The average Bonchev–Trinajstić information content (AvgIpc) is 2.23. The molecule has 0 unspecified atom stereocenters. The molecule has 0 aliphatic carbocycles. The molecular weight excluding hydrogens is 196 g/mol. The van der Waals surface area contributed by atoms with Gasteiger partial charge in [0.2, 0.25) is 5.60 Å². The molecule has 83 valence electrons. The van der Waals surface area contributed by atoms with Crippen molar-refractivity contribution in [3.05, 3.63) is 0 Å². The molecule has 0 atom stereocenters. The van der Waals surface area contributed by atoms with E-state index in [9.17, 15) is 0 Å². The van der Waals surface area contributed by atoms with E-state index in [0.717, 1.165) is 6.42 Å². The molecule has 0 aromatic heterocycles. The average molecular weight is 217 g/mol. The van der Waals surface area contributed by atoms with Gasteiger partial charge in [0, 0.05) is 14.2 Å². The van der Waals surface area contributed by atoms with Crippen LogP contribution in [-0.4, -0.2) is 36.7 Å². The van der Waals surface area contributed by atoms with E-state index < -0.39 is 5.60 Å². The predicted molar refractivity (Wildman–Crippen MR) is 57.2 cm³/mol. The van der Waals surface area contributed by atoms with Crippen molar-refractivity contribution in [2.45, 2.75) is 44.6 Å². The number of unbranched alkanes of at least 4 members (excludes halogenated alkanes) is 4. The molecule has 0 rings (SSSR count). The van der Waals surface area contributed by atoms with Crippen molar-refractivity contribution in [3.8, 4) is 0 Å². The van der Waals surface area contributed by atoms with E-state index in [-0.39, 0.29) is 0 Å². The summed E-state index contributed by atoms with van der Waals surface area (Å²) in [6.45, 7) is 2.85. The Morgan fingerprint density at radius 2 is 1.57 bits per heavy atom. The number of rotatable bonds is 9. The molecular formula is C10H21O3Si. The molecule has 3 radical (unpaired) electrons. The first kappa shape index (κ1) is 14.1. The molecule has 4 heteroatoms. The molecule has 0 saturated carbocycles. The molecule has 0 amide bonds. The normalized spacial score (nSPS) is 12.0. The lowest BCUT2D eigenvalue weighted by Gasteiger charge is -2.26. The standard InChI is InChI=1S/C10H21O3Si/c1-4-5-6-7-8-9-13-10(14,11-2)12-3/h4-9H2,1-3H3. The molecule has 0 heterocycles. The van der Waals surface area contributed by atoms with Gasteiger partial charge in [-0.1, -0.05) is 32.6 Å². The van der Waals surface area contributed by atoms with E-state index >= 15 is 0 Å². The summed E-state index contributed by atoms with van der Waals surface area (Å²) in [5.74, 6) is 0. The van der Waals surface area contributed by atoms with Crippen LogP contribution in [0.2, 0.25) is 0 Å². The summed E-state index contributed by atoms with van der Waals surface area (Å²) >= 11 is 0. The van der Waals surface area contributed by atoms with Crippen LogP contribution >= 0.6 is 0 Å². The molecule has 0 aromatic carbocycles. The van der Waals surface area contributed by atoms with Crippen molar-refractivity contribution in [3.63, 3.8) is 0 Å². The summed E-state index contributed by atoms with van der Waals surface area (Å²) in [7, 11) is 6.32. The summed E-state index contributed by atoms with van der Waals surface area (Å²) in [6, 6.07) is 0. The van der Waals surface area contributed by atoms with Crippen LogP contribution in [0.25, 0.3) is 0 Å². The molecule has 14 heavy (non-hydrogen) atoms. The molecule has 0 fully saturated rings. The Balaban J connectivity index is 3.34. The van der Waals surface area contributed by atoms with Crippen LogP contribution in [0, 0.1) is 0 Å². The first-order valence-electron chi connectivity index (χ1n) is 5.17. The van der Waals surface area contributed by atoms with E-state index in [2.05, 4.69) is 17.2 Å². The maximum Gasteiger partial charge on any atom is 0.248 e. The van der Waals surface area contributed by atoms with Gasteiger partial charge >= 0.3 is 0 Å². The Bertz CT molecular complexity index is 127. The minimum atomic E-state index is -1.06. The van der Waals surface area contributed by atoms with Crippen LogP contribution < -0.4 is 0 Å². The fourth-order valence-corrected chi connectivity index (χ4v) is 1.22. The van der Waals surface area contributed by atoms with Crippen LogP contribution in [0.5, 0.6) is 0 Å². The zero-order chi connectivity index (χ0) is 10.9. The van der Waals surface area contributed by atoms with Crippen LogP contribution in [0.4, 0.5) is 0 Å². The monoisotopic (exact) mass is 217 g/mol. The first-order chi connectivity index (χ1) is 6.68. The van der Waals surface area contributed by atoms with Gasteiger partial charge in [0.05, 0.1) is 6.61 Å². The fourth-order valence-electron chi connectivity index (χ4n) is 1.11. The van der Waals surface area contributed by atoms with Gasteiger partial charge < -0.3 is 14.2 Å². The summed E-state index contributed by atoms with van der Waals surface area (Å²) in [6.07, 6.45) is 6.07. The van der Waals surface area contributed by atoms with Gasteiger partial charge in [-0.15, -0.1) is 0 Å². The molecule has 0 aromatic rings. The third kappa shape index (κ3) is 6.54. The Hall–Kier alpha value is 0.0969. The largest absolute Gasteiger partial charge is 0.336 e. The maximum absolute atomic E-state index is 5.38. The van der Waals surface area contributed by atoms with Gasteiger partial charge in [-0.25, -0.2) is 0 Å². The number of hydrogen-bond acceptors (Lipinski definition) is 3. The summed E-state index contributed by atoms with van der Waals surface area (Å²) < 4.78 is 15.3. The zero-order valence-corrected chi connectivity index (χ0v) is 10.5. The van der Waals surface area contributed by atoms with Crippen LogP contribution in [0.15, 0.2) is 0 Å². The molecule has 3 nitrogen and oxygen atoms in total. The fraction of sp³-hybridized carbons (Fsp3) is 1.00. The third-order valence-electron chi connectivity index (χ3n) is 2.08. The van der Waals surface area contributed by atoms with Crippen molar-refractivity contribution in [1.82, 2.24) is 0 Å². The predicted octanol–water partition coefficient (Wildman–Crippen LogP) is 2.05. The topological polar surface area (TPSA) is 27.7 Å². The minimum absolute atomic E-state index is 0.648. The Morgan fingerprint density at radius 1 is 1.00 bits per heavy atom. The van der Waals surface area contributed by atoms with E-state index in [1.165, 1.54) is 39.9 Å². The van der Waals surface area contributed by atoms with E-state index in [0.29, 0.717) is 6.61 Å². The van der Waals surface area contributed by atoms with E-state index in [1.54, 1.807) is 0 Å². The quantitative estimate of drug-likeness (QED) is 0.336.